The van der Waals surface area contributed by atoms with Crippen LogP contribution in [0.4, 0.5) is 0 Å². The molecule has 1 fully saturated rings. The lowest BCUT2D eigenvalue weighted by atomic mass is 10.0. The van der Waals surface area contributed by atoms with Gasteiger partial charge in [-0.2, -0.15) is 0 Å². The van der Waals surface area contributed by atoms with E-state index in [0.29, 0.717) is 18.7 Å². The second-order valence-corrected chi connectivity index (χ2v) is 7.62. The van der Waals surface area contributed by atoms with Crippen molar-refractivity contribution in [3.63, 3.8) is 0 Å². The largest absolute Gasteiger partial charge is 0.496 e. The number of benzene rings is 2. The summed E-state index contributed by atoms with van der Waals surface area (Å²) < 4.78 is 5.87. The average Bonchev–Trinajstić information content (AvgIpc) is 3.29. The molecule has 1 aliphatic heterocycles. The molecule has 5 nitrogen and oxygen atoms in total. The molecule has 2 aromatic rings. The zero-order chi connectivity index (χ0) is 22.1. The van der Waals surface area contributed by atoms with Crippen molar-refractivity contribution in [1.82, 2.24) is 10.2 Å². The predicted octanol–water partition coefficient (Wildman–Crippen LogP) is 4.65. The highest BCUT2D eigenvalue weighted by atomic mass is 16.5. The number of carbonyl (C=O) groups is 2. The third-order valence-corrected chi connectivity index (χ3v) is 5.38. The van der Waals surface area contributed by atoms with E-state index in [9.17, 15) is 9.59 Å². The number of rotatable bonds is 8. The fourth-order valence-electron chi connectivity index (χ4n) is 3.71. The van der Waals surface area contributed by atoms with Crippen molar-refractivity contribution in [3.8, 4) is 0 Å². The van der Waals surface area contributed by atoms with Gasteiger partial charge in [-0.15, -0.1) is 0 Å². The molecule has 2 aromatic carbocycles. The second-order valence-electron chi connectivity index (χ2n) is 7.62. The zero-order valence-corrected chi connectivity index (χ0v) is 18.2. The molecule has 2 amide bonds. The molecule has 5 heteroatoms. The number of amides is 2. The van der Waals surface area contributed by atoms with Gasteiger partial charge in [0.2, 0.25) is 5.91 Å². The third kappa shape index (κ3) is 6.07. The van der Waals surface area contributed by atoms with Gasteiger partial charge in [0.25, 0.3) is 5.91 Å². The molecule has 0 spiro atoms. The summed E-state index contributed by atoms with van der Waals surface area (Å²) >= 11 is 0. The van der Waals surface area contributed by atoms with E-state index < -0.39 is 6.04 Å². The van der Waals surface area contributed by atoms with Gasteiger partial charge in [0, 0.05) is 12.1 Å². The van der Waals surface area contributed by atoms with Crippen LogP contribution in [-0.4, -0.2) is 35.9 Å². The molecule has 0 aliphatic carbocycles. The van der Waals surface area contributed by atoms with Crippen LogP contribution in [0.2, 0.25) is 0 Å². The van der Waals surface area contributed by atoms with Crippen molar-refractivity contribution in [1.29, 1.82) is 0 Å². The van der Waals surface area contributed by atoms with Gasteiger partial charge in [0.05, 0.1) is 11.8 Å². The number of nitrogens with zero attached hydrogens (tertiary/aromatic N) is 1. The molecule has 0 saturated carbocycles. The maximum atomic E-state index is 13.6. The lowest BCUT2D eigenvalue weighted by molar-refractivity contribution is -0.135. The van der Waals surface area contributed by atoms with Gasteiger partial charge in [-0.25, -0.2) is 0 Å². The first-order chi connectivity index (χ1) is 15.1. The van der Waals surface area contributed by atoms with Gasteiger partial charge in [-0.1, -0.05) is 60.7 Å². The molecule has 1 saturated heterocycles. The Morgan fingerprint density at radius 2 is 1.81 bits per heavy atom. The smallest absolute Gasteiger partial charge is 0.252 e. The van der Waals surface area contributed by atoms with Crippen LogP contribution in [-0.2, 0) is 9.53 Å². The molecule has 162 valence electrons. The van der Waals surface area contributed by atoms with E-state index in [2.05, 4.69) is 5.32 Å². The van der Waals surface area contributed by atoms with Crippen LogP contribution in [0.15, 0.2) is 84.7 Å². The van der Waals surface area contributed by atoms with Crippen LogP contribution in [0.3, 0.4) is 0 Å². The second kappa shape index (κ2) is 11.2. The van der Waals surface area contributed by atoms with Crippen molar-refractivity contribution in [2.24, 2.45) is 0 Å². The highest BCUT2D eigenvalue weighted by Crippen LogP contribution is 2.25. The van der Waals surface area contributed by atoms with Crippen molar-refractivity contribution < 1.29 is 14.3 Å². The summed E-state index contributed by atoms with van der Waals surface area (Å²) in [5.74, 6) is 0.450. The Kier molecular flexibility index (Phi) is 8.05. The summed E-state index contributed by atoms with van der Waals surface area (Å²) in [5, 5.41) is 2.95. The maximum absolute atomic E-state index is 13.6. The van der Waals surface area contributed by atoms with Gasteiger partial charge >= 0.3 is 0 Å². The van der Waals surface area contributed by atoms with Crippen LogP contribution in [0.5, 0.6) is 0 Å². The quantitative estimate of drug-likeness (QED) is 0.502. The van der Waals surface area contributed by atoms with Gasteiger partial charge in [0.1, 0.15) is 12.6 Å². The van der Waals surface area contributed by atoms with E-state index >= 15 is 0 Å². The van der Waals surface area contributed by atoms with Crippen molar-refractivity contribution in [2.75, 3.05) is 13.2 Å². The zero-order valence-electron chi connectivity index (χ0n) is 18.2. The number of allylic oxidation sites excluding steroid dienone is 4. The number of carbonyl (C=O) groups excluding carboxylic acids is 2. The van der Waals surface area contributed by atoms with Gasteiger partial charge in [0.15, 0.2) is 0 Å². The first-order valence-corrected chi connectivity index (χ1v) is 10.7. The van der Waals surface area contributed by atoms with Crippen molar-refractivity contribution in [3.05, 3.63) is 95.8 Å². The highest BCUT2D eigenvalue weighted by Gasteiger charge is 2.35. The summed E-state index contributed by atoms with van der Waals surface area (Å²) in [6.07, 6.45) is 7.59. The topological polar surface area (TPSA) is 58.6 Å². The van der Waals surface area contributed by atoms with E-state index in [1.807, 2.05) is 85.5 Å². The molecule has 3 rings (SSSR count). The summed E-state index contributed by atoms with van der Waals surface area (Å²) in [4.78, 5) is 28.2. The van der Waals surface area contributed by atoms with Crippen molar-refractivity contribution >= 4 is 11.8 Å². The average molecular weight is 419 g/mol. The molecule has 0 radical (unpaired) electrons. The van der Waals surface area contributed by atoms with Gasteiger partial charge < -0.3 is 15.0 Å². The first-order valence-electron chi connectivity index (χ1n) is 10.7. The van der Waals surface area contributed by atoms with E-state index in [4.69, 9.17) is 4.74 Å². The summed E-state index contributed by atoms with van der Waals surface area (Å²) in [7, 11) is 0. The molecule has 1 heterocycles. The Bertz CT molecular complexity index is 922. The number of ether oxygens (including phenoxy) is 1. The Hall–Kier alpha value is -3.34. The summed E-state index contributed by atoms with van der Waals surface area (Å²) in [6.45, 7) is 4.97. The van der Waals surface area contributed by atoms with Crippen molar-refractivity contribution in [2.45, 2.75) is 38.8 Å². The fraction of sp³-hybridized carbons (Fsp3) is 0.308. The third-order valence-electron chi connectivity index (χ3n) is 5.38. The molecule has 0 bridgehead atoms. The highest BCUT2D eigenvalue weighted by molar-refractivity contribution is 5.98. The Balaban J connectivity index is 1.76. The SMILES string of the molecule is CC=CC=C(C)OCC1CCCN1C(=O)C(NC(=O)c1ccccc1)c1ccccc1. The van der Waals surface area contributed by atoms with Gasteiger partial charge in [-0.3, -0.25) is 9.59 Å². The first kappa shape index (κ1) is 22.3. The summed E-state index contributed by atoms with van der Waals surface area (Å²) in [5.41, 5.74) is 1.30. The Morgan fingerprint density at radius 1 is 1.13 bits per heavy atom. The lowest BCUT2D eigenvalue weighted by Gasteiger charge is -2.29. The lowest BCUT2D eigenvalue weighted by Crippen LogP contribution is -2.46. The minimum absolute atomic E-state index is 0.0127. The summed E-state index contributed by atoms with van der Waals surface area (Å²) in [6, 6.07) is 17.6. The molecule has 1 aliphatic rings. The Morgan fingerprint density at radius 3 is 2.48 bits per heavy atom. The minimum Gasteiger partial charge on any atom is -0.496 e. The minimum atomic E-state index is -0.742. The van der Waals surface area contributed by atoms with Gasteiger partial charge in [-0.05, 0) is 50.5 Å². The fourth-order valence-corrected chi connectivity index (χ4v) is 3.71. The number of hydrogen-bond donors (Lipinski definition) is 1. The van der Waals surface area contributed by atoms with E-state index in [1.165, 1.54) is 0 Å². The van der Waals surface area contributed by atoms with Crippen LogP contribution >= 0.6 is 0 Å². The molecule has 2 unspecified atom stereocenters. The monoisotopic (exact) mass is 418 g/mol. The number of nitrogens with one attached hydrogen (secondary N) is 1. The molecular formula is C26H30N2O3. The molecule has 0 aromatic heterocycles. The van der Waals surface area contributed by atoms with E-state index in [-0.39, 0.29) is 17.9 Å². The van der Waals surface area contributed by atoms with E-state index in [0.717, 1.165) is 24.2 Å². The standard InChI is InChI=1S/C26H30N2O3/c1-3-4-12-20(2)31-19-23-17-11-18-28(23)26(30)24(21-13-7-5-8-14-21)27-25(29)22-15-9-6-10-16-22/h3-10,12-16,23-24H,11,17-19H2,1-2H3,(H,27,29). The molecule has 1 N–H and O–H groups in total. The molecule has 2 atom stereocenters. The van der Waals surface area contributed by atoms with Crippen LogP contribution in [0.25, 0.3) is 0 Å². The Labute approximate surface area is 184 Å². The number of likely N-dealkylation sites (tertiary alicyclic amines) is 1. The predicted molar refractivity (Wildman–Crippen MR) is 122 cm³/mol. The normalized spacial score (nSPS) is 17.5. The molecular weight excluding hydrogens is 388 g/mol. The molecule has 31 heavy (non-hydrogen) atoms. The number of hydrogen-bond acceptors (Lipinski definition) is 3. The maximum Gasteiger partial charge on any atom is 0.252 e. The van der Waals surface area contributed by atoms with Crippen LogP contribution in [0, 0.1) is 0 Å². The van der Waals surface area contributed by atoms with Crippen LogP contribution < -0.4 is 5.32 Å². The van der Waals surface area contributed by atoms with Crippen LogP contribution in [0.1, 0.15) is 48.7 Å². The van der Waals surface area contributed by atoms with E-state index in [1.54, 1.807) is 12.1 Å².